The third-order valence-electron chi connectivity index (χ3n) is 3.88. The second-order valence-electron chi connectivity index (χ2n) is 5.94. The number of hydrogen-bond acceptors (Lipinski definition) is 5. The maximum atomic E-state index is 12.5. The van der Waals surface area contributed by atoms with Crippen LogP contribution in [0.15, 0.2) is 83.8 Å². The Morgan fingerprint density at radius 1 is 0.893 bits per heavy atom. The number of aromatic hydroxyl groups is 2. The second-order valence-corrected chi connectivity index (χ2v) is 7.63. The molecule has 0 fully saturated rings. The van der Waals surface area contributed by atoms with Gasteiger partial charge in [0, 0.05) is 11.6 Å². The Labute approximate surface area is 162 Å². The summed E-state index contributed by atoms with van der Waals surface area (Å²) in [6.45, 7) is 0. The summed E-state index contributed by atoms with van der Waals surface area (Å²) in [4.78, 5) is 12.0. The Morgan fingerprint density at radius 2 is 1.64 bits per heavy atom. The van der Waals surface area contributed by atoms with Crippen LogP contribution in [0.25, 0.3) is 6.08 Å². The molecular weight excluding hydrogens is 378 g/mol. The fourth-order valence-corrected chi connectivity index (χ4v) is 3.57. The van der Waals surface area contributed by atoms with Gasteiger partial charge in [0.25, 0.3) is 10.0 Å². The van der Waals surface area contributed by atoms with Crippen molar-refractivity contribution in [2.75, 3.05) is 4.72 Å². The van der Waals surface area contributed by atoms with E-state index in [-0.39, 0.29) is 27.9 Å². The maximum Gasteiger partial charge on any atom is 0.262 e. The molecule has 0 aliphatic rings. The molecule has 28 heavy (non-hydrogen) atoms. The first-order chi connectivity index (χ1) is 13.3. The van der Waals surface area contributed by atoms with Crippen LogP contribution in [0.4, 0.5) is 5.69 Å². The predicted molar refractivity (Wildman–Crippen MR) is 107 cm³/mol. The van der Waals surface area contributed by atoms with Gasteiger partial charge < -0.3 is 10.2 Å². The number of carbonyl (C=O) groups is 1. The van der Waals surface area contributed by atoms with Gasteiger partial charge in [-0.3, -0.25) is 9.52 Å². The first-order valence-corrected chi connectivity index (χ1v) is 9.76. The first-order valence-electron chi connectivity index (χ1n) is 8.27. The lowest BCUT2D eigenvalue weighted by Gasteiger charge is -2.10. The number of allylic oxidation sites excluding steroid dienone is 1. The van der Waals surface area contributed by atoms with Crippen molar-refractivity contribution >= 4 is 27.6 Å². The van der Waals surface area contributed by atoms with Crippen molar-refractivity contribution in [3.63, 3.8) is 0 Å². The highest BCUT2D eigenvalue weighted by Crippen LogP contribution is 2.28. The molecule has 0 aliphatic carbocycles. The Hall–Kier alpha value is -3.58. The van der Waals surface area contributed by atoms with E-state index in [1.54, 1.807) is 30.3 Å². The topological polar surface area (TPSA) is 104 Å². The van der Waals surface area contributed by atoms with Gasteiger partial charge in [-0.15, -0.1) is 0 Å². The van der Waals surface area contributed by atoms with Crippen LogP contribution in [0.2, 0.25) is 0 Å². The summed E-state index contributed by atoms with van der Waals surface area (Å²) in [6.07, 6.45) is 2.90. The monoisotopic (exact) mass is 395 g/mol. The molecule has 3 N–H and O–H groups in total. The van der Waals surface area contributed by atoms with Crippen molar-refractivity contribution in [1.29, 1.82) is 0 Å². The Balaban J connectivity index is 1.84. The molecular formula is C21H17NO5S. The van der Waals surface area contributed by atoms with E-state index in [9.17, 15) is 23.4 Å². The summed E-state index contributed by atoms with van der Waals surface area (Å²) in [5.74, 6) is -0.658. The van der Waals surface area contributed by atoms with Gasteiger partial charge in [-0.05, 0) is 35.9 Å². The molecule has 6 nitrogen and oxygen atoms in total. The van der Waals surface area contributed by atoms with Crippen LogP contribution in [0.5, 0.6) is 11.5 Å². The third-order valence-corrected chi connectivity index (χ3v) is 5.24. The van der Waals surface area contributed by atoms with Gasteiger partial charge in [0.05, 0.1) is 10.6 Å². The SMILES string of the molecule is O=C(C=Cc1ccc(O)c(NS(=O)(=O)c2cccc(O)c2)c1)c1ccccc1. The van der Waals surface area contributed by atoms with Crippen molar-refractivity contribution in [2.45, 2.75) is 4.90 Å². The fraction of sp³-hybridized carbons (Fsp3) is 0. The number of nitrogens with one attached hydrogen (secondary N) is 1. The zero-order valence-corrected chi connectivity index (χ0v) is 15.4. The Kier molecular flexibility index (Phi) is 5.47. The zero-order valence-electron chi connectivity index (χ0n) is 14.6. The van der Waals surface area contributed by atoms with Crippen molar-refractivity contribution in [2.24, 2.45) is 0 Å². The summed E-state index contributed by atoms with van der Waals surface area (Å²) < 4.78 is 27.2. The summed E-state index contributed by atoms with van der Waals surface area (Å²) in [7, 11) is -4.01. The van der Waals surface area contributed by atoms with Crippen LogP contribution in [-0.2, 0) is 10.0 Å². The number of phenolic OH excluding ortho intramolecular Hbond substituents is 2. The molecule has 142 valence electrons. The molecule has 3 aromatic rings. The normalized spacial score (nSPS) is 11.4. The molecule has 0 aromatic heterocycles. The Morgan fingerprint density at radius 3 is 2.36 bits per heavy atom. The molecule has 0 saturated carbocycles. The highest BCUT2D eigenvalue weighted by molar-refractivity contribution is 7.92. The van der Waals surface area contributed by atoms with Crippen molar-refractivity contribution in [3.05, 3.63) is 90.0 Å². The highest BCUT2D eigenvalue weighted by Gasteiger charge is 2.16. The van der Waals surface area contributed by atoms with Gasteiger partial charge in [0.1, 0.15) is 11.5 Å². The smallest absolute Gasteiger partial charge is 0.262 e. The van der Waals surface area contributed by atoms with E-state index in [1.165, 1.54) is 42.5 Å². The molecule has 0 unspecified atom stereocenters. The number of hydrogen-bond donors (Lipinski definition) is 3. The van der Waals surface area contributed by atoms with E-state index in [0.29, 0.717) is 11.1 Å². The minimum absolute atomic E-state index is 0.0438. The molecule has 0 saturated heterocycles. The van der Waals surface area contributed by atoms with Gasteiger partial charge in [0.15, 0.2) is 5.78 Å². The maximum absolute atomic E-state index is 12.5. The van der Waals surface area contributed by atoms with E-state index in [0.717, 1.165) is 6.07 Å². The van der Waals surface area contributed by atoms with Crippen molar-refractivity contribution in [3.8, 4) is 11.5 Å². The highest BCUT2D eigenvalue weighted by atomic mass is 32.2. The number of benzene rings is 3. The average molecular weight is 395 g/mol. The number of ketones is 1. The van der Waals surface area contributed by atoms with Crippen LogP contribution >= 0.6 is 0 Å². The molecule has 0 bridgehead atoms. The summed E-state index contributed by atoms with van der Waals surface area (Å²) in [5.41, 5.74) is 1.01. The fourth-order valence-electron chi connectivity index (χ4n) is 2.46. The Bertz CT molecular complexity index is 1140. The largest absolute Gasteiger partial charge is 0.508 e. The van der Waals surface area contributed by atoms with Gasteiger partial charge in [-0.1, -0.05) is 48.5 Å². The zero-order chi connectivity index (χ0) is 20.1. The van der Waals surface area contributed by atoms with Gasteiger partial charge in [-0.25, -0.2) is 8.42 Å². The predicted octanol–water partition coefficient (Wildman–Crippen LogP) is 3.79. The second kappa shape index (κ2) is 7.98. The van der Waals surface area contributed by atoms with Crippen LogP contribution in [0, 0.1) is 0 Å². The number of phenols is 2. The number of rotatable bonds is 6. The van der Waals surface area contributed by atoms with Crippen molar-refractivity contribution < 1.29 is 23.4 Å². The number of sulfonamides is 1. The third kappa shape index (κ3) is 4.57. The lowest BCUT2D eigenvalue weighted by molar-refractivity contribution is 0.104. The van der Waals surface area contributed by atoms with Crippen LogP contribution in [-0.4, -0.2) is 24.4 Å². The van der Waals surface area contributed by atoms with Crippen molar-refractivity contribution in [1.82, 2.24) is 0 Å². The van der Waals surface area contributed by atoms with E-state index in [4.69, 9.17) is 0 Å². The molecule has 0 atom stereocenters. The molecule has 0 amide bonds. The lowest BCUT2D eigenvalue weighted by Crippen LogP contribution is -2.13. The van der Waals surface area contributed by atoms with Gasteiger partial charge in [0.2, 0.25) is 0 Å². The van der Waals surface area contributed by atoms with E-state index >= 15 is 0 Å². The van der Waals surface area contributed by atoms with Crippen LogP contribution in [0.1, 0.15) is 15.9 Å². The molecule has 3 rings (SSSR count). The molecule has 0 radical (unpaired) electrons. The minimum atomic E-state index is -4.01. The van der Waals surface area contributed by atoms with E-state index < -0.39 is 10.0 Å². The quantitative estimate of drug-likeness (QED) is 0.335. The van der Waals surface area contributed by atoms with E-state index in [2.05, 4.69) is 4.72 Å². The molecule has 3 aromatic carbocycles. The van der Waals surface area contributed by atoms with Gasteiger partial charge in [-0.2, -0.15) is 0 Å². The first kappa shape index (κ1) is 19.2. The van der Waals surface area contributed by atoms with Crippen LogP contribution in [0.3, 0.4) is 0 Å². The molecule has 0 heterocycles. The number of anilines is 1. The minimum Gasteiger partial charge on any atom is -0.508 e. The lowest BCUT2D eigenvalue weighted by atomic mass is 10.1. The summed E-state index contributed by atoms with van der Waals surface area (Å²) in [6, 6.07) is 18.2. The molecule has 0 spiro atoms. The summed E-state index contributed by atoms with van der Waals surface area (Å²) in [5, 5.41) is 19.5. The summed E-state index contributed by atoms with van der Waals surface area (Å²) >= 11 is 0. The average Bonchev–Trinajstić information content (AvgIpc) is 2.69. The molecule has 7 heteroatoms. The molecule has 0 aliphatic heterocycles. The standard InChI is InChI=1S/C21H17NO5S/c23-17-7-4-8-18(14-17)28(26,27)22-19-13-15(10-12-21(19)25)9-11-20(24)16-5-2-1-3-6-16/h1-14,22-23,25H. The number of carbonyl (C=O) groups excluding carboxylic acids is 1. The van der Waals surface area contributed by atoms with E-state index in [1.807, 2.05) is 6.07 Å². The van der Waals surface area contributed by atoms with Crippen LogP contribution < -0.4 is 4.72 Å². The van der Waals surface area contributed by atoms with Gasteiger partial charge >= 0.3 is 0 Å².